The number of hydrogen-bond donors (Lipinski definition) is 1. The summed E-state index contributed by atoms with van der Waals surface area (Å²) in [5, 5.41) is 4.83. The predicted molar refractivity (Wildman–Crippen MR) is 100.0 cm³/mol. The van der Waals surface area contributed by atoms with E-state index in [1.54, 1.807) is 30.3 Å². The number of methoxy groups -OCH3 is 1. The van der Waals surface area contributed by atoms with Crippen molar-refractivity contribution < 1.29 is 14.3 Å². The minimum absolute atomic E-state index is 0.00963. The molecule has 0 spiro atoms. The molecule has 0 radical (unpaired) electrons. The van der Waals surface area contributed by atoms with Crippen LogP contribution in [0.5, 0.6) is 5.75 Å². The third-order valence-corrected chi connectivity index (χ3v) is 4.75. The van der Waals surface area contributed by atoms with Gasteiger partial charge in [-0.05, 0) is 35.6 Å². The number of rotatable bonds is 9. The number of ether oxygens (including phenoxy) is 1. The molecule has 2 rings (SSSR count). The molecule has 1 aromatic carbocycles. The molecule has 0 bridgehead atoms. The van der Waals surface area contributed by atoms with Crippen molar-refractivity contribution >= 4 is 23.2 Å². The second-order valence-electron chi connectivity index (χ2n) is 5.71. The number of hydrogen-bond acceptors (Lipinski definition) is 4. The highest BCUT2D eigenvalue weighted by Crippen LogP contribution is 2.13. The van der Waals surface area contributed by atoms with Gasteiger partial charge in [0.2, 0.25) is 11.8 Å². The first-order valence-electron chi connectivity index (χ1n) is 8.26. The summed E-state index contributed by atoms with van der Waals surface area (Å²) in [6, 6.07) is 11.7. The van der Waals surface area contributed by atoms with Crippen LogP contribution in [0.2, 0.25) is 0 Å². The van der Waals surface area contributed by atoms with Crippen molar-refractivity contribution in [2.75, 3.05) is 26.7 Å². The van der Waals surface area contributed by atoms with Gasteiger partial charge in [-0.2, -0.15) is 0 Å². The predicted octanol–water partition coefficient (Wildman–Crippen LogP) is 2.51. The minimum atomic E-state index is -0.0150. The number of amides is 2. The van der Waals surface area contributed by atoms with Gasteiger partial charge in [-0.3, -0.25) is 9.59 Å². The number of carbonyl (C=O) groups is 2. The van der Waals surface area contributed by atoms with E-state index in [2.05, 4.69) is 5.32 Å². The molecule has 2 amide bonds. The number of nitrogens with zero attached hydrogens (tertiary/aromatic N) is 1. The third kappa shape index (κ3) is 6.58. The maximum atomic E-state index is 11.9. The highest BCUT2D eigenvalue weighted by Gasteiger charge is 2.10. The van der Waals surface area contributed by atoms with E-state index in [9.17, 15) is 9.59 Å². The van der Waals surface area contributed by atoms with E-state index in [1.165, 1.54) is 0 Å². The van der Waals surface area contributed by atoms with Crippen LogP contribution in [0.1, 0.15) is 17.4 Å². The zero-order valence-electron chi connectivity index (χ0n) is 14.7. The fourth-order valence-electron chi connectivity index (χ4n) is 2.48. The van der Waals surface area contributed by atoms with Gasteiger partial charge in [0.1, 0.15) is 5.75 Å². The summed E-state index contributed by atoms with van der Waals surface area (Å²) in [6.07, 6.45) is 1.14. The Hall–Kier alpha value is -2.34. The van der Waals surface area contributed by atoms with E-state index in [-0.39, 0.29) is 11.8 Å². The Morgan fingerprint density at radius 2 is 2.04 bits per heavy atom. The summed E-state index contributed by atoms with van der Waals surface area (Å²) in [4.78, 5) is 26.5. The van der Waals surface area contributed by atoms with E-state index in [4.69, 9.17) is 4.74 Å². The highest BCUT2D eigenvalue weighted by molar-refractivity contribution is 7.10. The summed E-state index contributed by atoms with van der Waals surface area (Å²) < 4.78 is 5.22. The monoisotopic (exact) mass is 360 g/mol. The van der Waals surface area contributed by atoms with Crippen molar-refractivity contribution in [3.63, 3.8) is 0 Å². The molecule has 1 N–H and O–H groups in total. The summed E-state index contributed by atoms with van der Waals surface area (Å²) in [6.45, 7) is 3.14. The summed E-state index contributed by atoms with van der Waals surface area (Å²) >= 11 is 1.57. The Morgan fingerprint density at radius 1 is 1.20 bits per heavy atom. The molecule has 2 aromatic rings. The quantitative estimate of drug-likeness (QED) is 0.747. The standard InChI is InChI=1S/C19H24N2O3S/c1-15(22)21(10-8-16-5-3-6-17(13-16)24-2)11-9-20-19(23)14-18-7-4-12-25-18/h3-7,12-13H,8-11,14H2,1-2H3,(H,20,23). The molecule has 0 aliphatic heterocycles. The molecule has 0 unspecified atom stereocenters. The minimum Gasteiger partial charge on any atom is -0.497 e. The van der Waals surface area contributed by atoms with E-state index >= 15 is 0 Å². The number of nitrogens with one attached hydrogen (secondary N) is 1. The SMILES string of the molecule is COc1cccc(CCN(CCNC(=O)Cc2cccs2)C(C)=O)c1. The molecule has 0 aliphatic rings. The first kappa shape index (κ1) is 19.0. The van der Waals surface area contributed by atoms with Gasteiger partial charge in [-0.1, -0.05) is 18.2 Å². The number of thiophene rings is 1. The fourth-order valence-corrected chi connectivity index (χ4v) is 3.19. The van der Waals surface area contributed by atoms with Gasteiger partial charge in [-0.25, -0.2) is 0 Å². The number of benzene rings is 1. The van der Waals surface area contributed by atoms with Crippen LogP contribution in [-0.2, 0) is 22.4 Å². The van der Waals surface area contributed by atoms with Crippen LogP contribution in [0.3, 0.4) is 0 Å². The van der Waals surface area contributed by atoms with Gasteiger partial charge in [-0.15, -0.1) is 11.3 Å². The molecule has 1 heterocycles. The van der Waals surface area contributed by atoms with Crippen molar-refractivity contribution in [3.8, 4) is 5.75 Å². The normalized spacial score (nSPS) is 10.3. The average Bonchev–Trinajstić information content (AvgIpc) is 3.10. The van der Waals surface area contributed by atoms with E-state index < -0.39 is 0 Å². The van der Waals surface area contributed by atoms with Crippen molar-refractivity contribution in [2.45, 2.75) is 19.8 Å². The lowest BCUT2D eigenvalue weighted by Gasteiger charge is -2.21. The van der Waals surface area contributed by atoms with Gasteiger partial charge >= 0.3 is 0 Å². The number of carbonyl (C=O) groups excluding carboxylic acids is 2. The topological polar surface area (TPSA) is 58.6 Å². The van der Waals surface area contributed by atoms with Gasteiger partial charge in [0, 0.05) is 31.4 Å². The molecule has 0 saturated carbocycles. The van der Waals surface area contributed by atoms with Gasteiger partial charge in [0.25, 0.3) is 0 Å². The lowest BCUT2D eigenvalue weighted by atomic mass is 10.1. The van der Waals surface area contributed by atoms with Gasteiger partial charge in [0.05, 0.1) is 13.5 Å². The second-order valence-corrected chi connectivity index (χ2v) is 6.75. The Labute approximate surface area is 152 Å². The summed E-state index contributed by atoms with van der Waals surface area (Å²) in [5.74, 6) is 0.807. The second kappa shape index (κ2) is 9.84. The fraction of sp³-hybridized carbons (Fsp3) is 0.368. The average molecular weight is 360 g/mol. The molecule has 0 aliphatic carbocycles. The summed E-state index contributed by atoms with van der Waals surface area (Å²) in [7, 11) is 1.64. The molecule has 0 saturated heterocycles. The first-order valence-corrected chi connectivity index (χ1v) is 9.14. The van der Waals surface area contributed by atoms with Crippen LogP contribution in [-0.4, -0.2) is 43.5 Å². The van der Waals surface area contributed by atoms with E-state index in [1.807, 2.05) is 41.8 Å². The van der Waals surface area contributed by atoms with Crippen LogP contribution in [0.25, 0.3) is 0 Å². The van der Waals surface area contributed by atoms with Gasteiger partial charge < -0.3 is 15.0 Å². The largest absolute Gasteiger partial charge is 0.497 e. The van der Waals surface area contributed by atoms with Crippen LogP contribution in [0.4, 0.5) is 0 Å². The van der Waals surface area contributed by atoms with Crippen LogP contribution >= 0.6 is 11.3 Å². The van der Waals surface area contributed by atoms with Crippen LogP contribution in [0.15, 0.2) is 41.8 Å². The first-order chi connectivity index (χ1) is 12.1. The lowest BCUT2D eigenvalue weighted by Crippen LogP contribution is -2.38. The Kier molecular flexibility index (Phi) is 7.47. The third-order valence-electron chi connectivity index (χ3n) is 3.87. The molecule has 6 heteroatoms. The Bertz CT molecular complexity index is 686. The van der Waals surface area contributed by atoms with Crippen molar-refractivity contribution in [1.82, 2.24) is 10.2 Å². The van der Waals surface area contributed by atoms with Crippen molar-refractivity contribution in [3.05, 3.63) is 52.2 Å². The molecule has 5 nitrogen and oxygen atoms in total. The molecule has 1 aromatic heterocycles. The summed E-state index contributed by atoms with van der Waals surface area (Å²) in [5.41, 5.74) is 1.12. The van der Waals surface area contributed by atoms with E-state index in [0.717, 1.165) is 22.6 Å². The Morgan fingerprint density at radius 3 is 2.72 bits per heavy atom. The molecule has 134 valence electrons. The molecular formula is C19H24N2O3S. The maximum absolute atomic E-state index is 11.9. The zero-order chi connectivity index (χ0) is 18.1. The van der Waals surface area contributed by atoms with Crippen LogP contribution < -0.4 is 10.1 Å². The lowest BCUT2D eigenvalue weighted by molar-refractivity contribution is -0.129. The van der Waals surface area contributed by atoms with Crippen molar-refractivity contribution in [1.29, 1.82) is 0 Å². The van der Waals surface area contributed by atoms with E-state index in [0.29, 0.717) is 26.1 Å². The Balaban J connectivity index is 1.76. The molecule has 0 atom stereocenters. The molecule has 25 heavy (non-hydrogen) atoms. The van der Waals surface area contributed by atoms with Crippen molar-refractivity contribution in [2.24, 2.45) is 0 Å². The van der Waals surface area contributed by atoms with Gasteiger partial charge in [0.15, 0.2) is 0 Å². The molecule has 0 fully saturated rings. The maximum Gasteiger partial charge on any atom is 0.225 e. The zero-order valence-corrected chi connectivity index (χ0v) is 15.5. The highest BCUT2D eigenvalue weighted by atomic mass is 32.1. The molecular weight excluding hydrogens is 336 g/mol. The van der Waals surface area contributed by atoms with Crippen LogP contribution in [0, 0.1) is 0 Å². The smallest absolute Gasteiger partial charge is 0.225 e.